The number of rotatable bonds is 5. The lowest BCUT2D eigenvalue weighted by atomic mass is 10.1. The summed E-state index contributed by atoms with van der Waals surface area (Å²) in [5.41, 5.74) is 4.34. The predicted molar refractivity (Wildman–Crippen MR) is 121 cm³/mol. The molecular formula is C22H23ClN4OS. The quantitative estimate of drug-likeness (QED) is 0.651. The van der Waals surface area contributed by atoms with E-state index in [-0.39, 0.29) is 5.91 Å². The minimum atomic E-state index is -0.0219. The largest absolute Gasteiger partial charge is 0.369 e. The number of carbonyl (C=O) groups is 1. The molecule has 1 N–H and O–H groups in total. The molecule has 0 bridgehead atoms. The smallest absolute Gasteiger partial charge is 0.240 e. The van der Waals surface area contributed by atoms with Crippen LogP contribution in [0.25, 0.3) is 11.3 Å². The lowest BCUT2D eigenvalue weighted by Crippen LogP contribution is -2.48. The molecule has 1 fully saturated rings. The summed E-state index contributed by atoms with van der Waals surface area (Å²) in [6.45, 7) is 5.92. The number of piperazine rings is 1. The summed E-state index contributed by atoms with van der Waals surface area (Å²) in [5, 5.41) is 6.30. The fraction of sp³-hybridized carbons (Fsp3) is 0.273. The van der Waals surface area contributed by atoms with E-state index >= 15 is 0 Å². The Morgan fingerprint density at radius 2 is 1.90 bits per heavy atom. The maximum absolute atomic E-state index is 12.5. The molecule has 0 saturated carbocycles. The molecule has 0 atom stereocenters. The molecule has 5 nitrogen and oxygen atoms in total. The monoisotopic (exact) mass is 426 g/mol. The van der Waals surface area contributed by atoms with Crippen molar-refractivity contribution in [2.45, 2.75) is 6.92 Å². The van der Waals surface area contributed by atoms with Gasteiger partial charge in [0.25, 0.3) is 0 Å². The molecular weight excluding hydrogens is 404 g/mol. The van der Waals surface area contributed by atoms with Crippen LogP contribution in [-0.2, 0) is 4.79 Å². The Labute approximate surface area is 179 Å². The Hall–Kier alpha value is -2.41. The Morgan fingerprint density at radius 3 is 2.66 bits per heavy atom. The van der Waals surface area contributed by atoms with Crippen molar-refractivity contribution in [2.24, 2.45) is 0 Å². The molecule has 1 aromatic heterocycles. The highest BCUT2D eigenvalue weighted by molar-refractivity contribution is 7.14. The number of anilines is 2. The predicted octanol–water partition coefficient (Wildman–Crippen LogP) is 4.53. The van der Waals surface area contributed by atoms with E-state index in [4.69, 9.17) is 11.6 Å². The van der Waals surface area contributed by atoms with Gasteiger partial charge in [0, 0.05) is 47.8 Å². The van der Waals surface area contributed by atoms with Gasteiger partial charge in [-0.3, -0.25) is 9.69 Å². The first kappa shape index (κ1) is 19.9. The van der Waals surface area contributed by atoms with Gasteiger partial charge >= 0.3 is 0 Å². The van der Waals surface area contributed by atoms with E-state index in [9.17, 15) is 4.79 Å². The second-order valence-electron chi connectivity index (χ2n) is 7.15. The van der Waals surface area contributed by atoms with Crippen molar-refractivity contribution in [1.29, 1.82) is 0 Å². The topological polar surface area (TPSA) is 48.5 Å². The van der Waals surface area contributed by atoms with Crippen LogP contribution in [0.2, 0.25) is 5.02 Å². The molecule has 2 heterocycles. The molecule has 3 aromatic rings. The summed E-state index contributed by atoms with van der Waals surface area (Å²) in [5.74, 6) is -0.0219. The van der Waals surface area contributed by atoms with Crippen molar-refractivity contribution in [3.63, 3.8) is 0 Å². The Kier molecular flexibility index (Phi) is 6.13. The van der Waals surface area contributed by atoms with Crippen molar-refractivity contribution >= 4 is 39.7 Å². The summed E-state index contributed by atoms with van der Waals surface area (Å²) < 4.78 is 0. The van der Waals surface area contributed by atoms with Crippen LogP contribution in [0.15, 0.2) is 53.9 Å². The van der Waals surface area contributed by atoms with E-state index in [2.05, 4.69) is 33.1 Å². The van der Waals surface area contributed by atoms with Crippen LogP contribution in [0.1, 0.15) is 5.56 Å². The van der Waals surface area contributed by atoms with E-state index in [0.717, 1.165) is 42.5 Å². The third kappa shape index (κ3) is 4.96. The number of aryl methyl sites for hydroxylation is 1. The maximum atomic E-state index is 12.5. The molecule has 0 spiro atoms. The number of hydrogen-bond donors (Lipinski definition) is 1. The molecule has 1 amide bonds. The van der Waals surface area contributed by atoms with Crippen LogP contribution < -0.4 is 10.2 Å². The zero-order valence-electron chi connectivity index (χ0n) is 16.3. The number of amides is 1. The summed E-state index contributed by atoms with van der Waals surface area (Å²) in [7, 11) is 0. The van der Waals surface area contributed by atoms with Crippen LogP contribution in [0.4, 0.5) is 10.8 Å². The number of hydrogen-bond acceptors (Lipinski definition) is 5. The van der Waals surface area contributed by atoms with E-state index < -0.39 is 0 Å². The van der Waals surface area contributed by atoms with Crippen molar-refractivity contribution < 1.29 is 4.79 Å². The molecule has 2 aromatic carbocycles. The molecule has 1 saturated heterocycles. The van der Waals surface area contributed by atoms with Crippen molar-refractivity contribution in [1.82, 2.24) is 9.88 Å². The molecule has 0 aliphatic carbocycles. The van der Waals surface area contributed by atoms with Gasteiger partial charge in [-0.2, -0.15) is 0 Å². The number of carbonyl (C=O) groups excluding carboxylic acids is 1. The van der Waals surface area contributed by atoms with Crippen LogP contribution in [0.3, 0.4) is 0 Å². The Morgan fingerprint density at radius 1 is 1.14 bits per heavy atom. The summed E-state index contributed by atoms with van der Waals surface area (Å²) >= 11 is 7.61. The van der Waals surface area contributed by atoms with E-state index in [1.807, 2.05) is 47.8 Å². The molecule has 4 rings (SSSR count). The first-order valence-corrected chi connectivity index (χ1v) is 10.9. The summed E-state index contributed by atoms with van der Waals surface area (Å²) in [6.07, 6.45) is 0. The van der Waals surface area contributed by atoms with Gasteiger partial charge in [-0.15, -0.1) is 11.3 Å². The SMILES string of the molecule is Cc1ccc(Cl)cc1N1CCN(CC(=O)Nc2nc(-c3ccccc3)cs2)CC1. The molecule has 7 heteroatoms. The summed E-state index contributed by atoms with van der Waals surface area (Å²) in [4.78, 5) is 21.5. The second-order valence-corrected chi connectivity index (χ2v) is 8.44. The van der Waals surface area contributed by atoms with Crippen molar-refractivity contribution in [3.05, 3.63) is 64.5 Å². The van der Waals surface area contributed by atoms with E-state index in [1.54, 1.807) is 0 Å². The van der Waals surface area contributed by atoms with Crippen molar-refractivity contribution in [3.8, 4) is 11.3 Å². The molecule has 0 radical (unpaired) electrons. The molecule has 1 aliphatic rings. The van der Waals surface area contributed by atoms with Gasteiger partial charge in [-0.05, 0) is 24.6 Å². The van der Waals surface area contributed by atoms with Crippen LogP contribution >= 0.6 is 22.9 Å². The maximum Gasteiger partial charge on any atom is 0.240 e. The first-order chi connectivity index (χ1) is 14.1. The van der Waals surface area contributed by atoms with Crippen LogP contribution in [0.5, 0.6) is 0 Å². The molecule has 1 aliphatic heterocycles. The Bertz CT molecular complexity index is 983. The number of aromatic nitrogens is 1. The zero-order valence-corrected chi connectivity index (χ0v) is 17.8. The first-order valence-electron chi connectivity index (χ1n) is 9.63. The number of halogens is 1. The van der Waals surface area contributed by atoms with E-state index in [0.29, 0.717) is 11.7 Å². The van der Waals surface area contributed by atoms with Gasteiger partial charge in [0.05, 0.1) is 12.2 Å². The highest BCUT2D eigenvalue weighted by atomic mass is 35.5. The van der Waals surface area contributed by atoms with Crippen molar-refractivity contribution in [2.75, 3.05) is 42.9 Å². The number of nitrogens with one attached hydrogen (secondary N) is 1. The van der Waals surface area contributed by atoms with Gasteiger partial charge in [0.1, 0.15) is 0 Å². The molecule has 29 heavy (non-hydrogen) atoms. The lowest BCUT2D eigenvalue weighted by molar-refractivity contribution is -0.117. The fourth-order valence-corrected chi connectivity index (χ4v) is 4.41. The summed E-state index contributed by atoms with van der Waals surface area (Å²) in [6, 6.07) is 16.0. The average molecular weight is 427 g/mol. The lowest BCUT2D eigenvalue weighted by Gasteiger charge is -2.36. The number of nitrogens with zero attached hydrogens (tertiary/aromatic N) is 3. The molecule has 150 valence electrons. The third-order valence-corrected chi connectivity index (χ3v) is 6.06. The van der Waals surface area contributed by atoms with Gasteiger partial charge in [-0.1, -0.05) is 48.0 Å². The molecule has 0 unspecified atom stereocenters. The van der Waals surface area contributed by atoms with E-state index in [1.165, 1.54) is 22.6 Å². The third-order valence-electron chi connectivity index (χ3n) is 5.07. The Balaban J connectivity index is 1.29. The van der Waals surface area contributed by atoms with Crippen LogP contribution in [-0.4, -0.2) is 48.5 Å². The standard InChI is InChI=1S/C22H23ClN4OS/c1-16-7-8-18(23)13-20(16)27-11-9-26(10-12-27)14-21(28)25-22-24-19(15-29-22)17-5-3-2-4-6-17/h2-8,13,15H,9-12,14H2,1H3,(H,24,25,28). The highest BCUT2D eigenvalue weighted by Gasteiger charge is 2.21. The fourth-order valence-electron chi connectivity index (χ4n) is 3.50. The second kappa shape index (κ2) is 8.95. The zero-order chi connectivity index (χ0) is 20.2. The number of benzene rings is 2. The normalized spacial score (nSPS) is 14.8. The van der Waals surface area contributed by atoms with Gasteiger partial charge in [0.15, 0.2) is 5.13 Å². The average Bonchev–Trinajstić information content (AvgIpc) is 3.19. The number of thiazole rings is 1. The van der Waals surface area contributed by atoms with Gasteiger partial charge in [0.2, 0.25) is 5.91 Å². The van der Waals surface area contributed by atoms with Gasteiger partial charge in [-0.25, -0.2) is 4.98 Å². The minimum absolute atomic E-state index is 0.0219. The highest BCUT2D eigenvalue weighted by Crippen LogP contribution is 2.26. The minimum Gasteiger partial charge on any atom is -0.369 e. The van der Waals surface area contributed by atoms with Gasteiger partial charge < -0.3 is 10.2 Å². The van der Waals surface area contributed by atoms with Crippen LogP contribution in [0, 0.1) is 6.92 Å².